The summed E-state index contributed by atoms with van der Waals surface area (Å²) in [5.74, 6) is -0.197. The number of nitrogens with one attached hydrogen (secondary N) is 2. The van der Waals surface area contributed by atoms with Crippen molar-refractivity contribution in [3.05, 3.63) is 22.4 Å². The lowest BCUT2D eigenvalue weighted by molar-refractivity contribution is -0.122. The van der Waals surface area contributed by atoms with Crippen molar-refractivity contribution in [2.45, 2.75) is 57.4 Å². The fourth-order valence-electron chi connectivity index (χ4n) is 2.74. The number of hydrogen-bond donors (Lipinski definition) is 2. The van der Waals surface area contributed by atoms with Gasteiger partial charge in [0, 0.05) is 31.8 Å². The molecule has 0 unspecified atom stereocenters. The quantitative estimate of drug-likeness (QED) is 0.717. The summed E-state index contributed by atoms with van der Waals surface area (Å²) in [4.78, 5) is 36.0. The van der Waals surface area contributed by atoms with Gasteiger partial charge in [-0.1, -0.05) is 25.3 Å². The van der Waals surface area contributed by atoms with Crippen LogP contribution in [0.5, 0.6) is 0 Å². The largest absolute Gasteiger partial charge is 0.356 e. The molecule has 0 radical (unpaired) electrons. The zero-order chi connectivity index (χ0) is 16.5. The Bertz CT molecular complexity index is 522. The van der Waals surface area contributed by atoms with E-state index in [-0.39, 0.29) is 30.4 Å². The normalized spacial score (nSPS) is 15.1. The first-order valence-corrected chi connectivity index (χ1v) is 9.16. The maximum Gasteiger partial charge on any atom is 0.221 e. The zero-order valence-electron chi connectivity index (χ0n) is 13.3. The Morgan fingerprint density at radius 3 is 2.52 bits per heavy atom. The standard InChI is InChI=1S/C17H24N2O3S/c20-14(15-7-4-12-23-15)8-9-16(21)18-11-10-17(22)19-13-5-2-1-3-6-13/h4,7,12-13H,1-3,5-6,8-11H2,(H,18,21)(H,19,22). The molecule has 126 valence electrons. The molecule has 1 aliphatic rings. The average Bonchev–Trinajstić information content (AvgIpc) is 3.08. The number of hydrogen-bond acceptors (Lipinski definition) is 4. The van der Waals surface area contributed by atoms with E-state index in [1.807, 2.05) is 11.4 Å². The Balaban J connectivity index is 1.55. The lowest BCUT2D eigenvalue weighted by Crippen LogP contribution is -2.38. The highest BCUT2D eigenvalue weighted by atomic mass is 32.1. The molecule has 1 aromatic rings. The van der Waals surface area contributed by atoms with Crippen LogP contribution < -0.4 is 10.6 Å². The summed E-state index contributed by atoms with van der Waals surface area (Å²) in [6, 6.07) is 3.89. The van der Waals surface area contributed by atoms with Crippen molar-refractivity contribution in [2.75, 3.05) is 6.54 Å². The van der Waals surface area contributed by atoms with Gasteiger partial charge in [0.1, 0.15) is 0 Å². The van der Waals surface area contributed by atoms with Gasteiger partial charge in [-0.05, 0) is 24.3 Å². The van der Waals surface area contributed by atoms with Crippen molar-refractivity contribution < 1.29 is 14.4 Å². The van der Waals surface area contributed by atoms with Crippen LogP contribution in [0.1, 0.15) is 61.0 Å². The van der Waals surface area contributed by atoms with Gasteiger partial charge in [0.05, 0.1) is 4.88 Å². The van der Waals surface area contributed by atoms with Gasteiger partial charge < -0.3 is 10.6 Å². The van der Waals surface area contributed by atoms with E-state index in [1.54, 1.807) is 6.07 Å². The van der Waals surface area contributed by atoms with Gasteiger partial charge in [-0.25, -0.2) is 0 Å². The van der Waals surface area contributed by atoms with Crippen LogP contribution in [0.2, 0.25) is 0 Å². The molecule has 0 saturated heterocycles. The average molecular weight is 336 g/mol. The fraction of sp³-hybridized carbons (Fsp3) is 0.588. The van der Waals surface area contributed by atoms with Crippen LogP contribution in [-0.4, -0.2) is 30.2 Å². The fourth-order valence-corrected chi connectivity index (χ4v) is 3.43. The highest BCUT2D eigenvalue weighted by molar-refractivity contribution is 7.12. The summed E-state index contributed by atoms with van der Waals surface area (Å²) >= 11 is 1.39. The third-order valence-electron chi connectivity index (χ3n) is 4.02. The summed E-state index contributed by atoms with van der Waals surface area (Å²) < 4.78 is 0. The molecule has 0 aromatic carbocycles. The number of amides is 2. The van der Waals surface area contributed by atoms with Crippen LogP contribution in [0.15, 0.2) is 17.5 Å². The molecule has 1 aliphatic carbocycles. The number of rotatable bonds is 8. The minimum Gasteiger partial charge on any atom is -0.356 e. The van der Waals surface area contributed by atoms with Crippen molar-refractivity contribution in [1.82, 2.24) is 10.6 Å². The molecule has 0 bridgehead atoms. The van der Waals surface area contributed by atoms with E-state index in [4.69, 9.17) is 0 Å². The van der Waals surface area contributed by atoms with Crippen LogP contribution in [0.25, 0.3) is 0 Å². The molecule has 1 aromatic heterocycles. The molecule has 2 rings (SSSR count). The second-order valence-electron chi connectivity index (χ2n) is 5.90. The van der Waals surface area contributed by atoms with E-state index in [1.165, 1.54) is 30.6 Å². The van der Waals surface area contributed by atoms with Crippen molar-refractivity contribution in [1.29, 1.82) is 0 Å². The summed E-state index contributed by atoms with van der Waals surface area (Å²) in [5, 5.41) is 7.57. The second-order valence-corrected chi connectivity index (χ2v) is 6.85. The molecule has 1 fully saturated rings. The Morgan fingerprint density at radius 2 is 1.83 bits per heavy atom. The van der Waals surface area contributed by atoms with Gasteiger partial charge in [0.15, 0.2) is 5.78 Å². The Labute approximate surface area is 140 Å². The van der Waals surface area contributed by atoms with Gasteiger partial charge >= 0.3 is 0 Å². The first-order chi connectivity index (χ1) is 11.1. The first-order valence-electron chi connectivity index (χ1n) is 8.28. The predicted molar refractivity (Wildman–Crippen MR) is 90.5 cm³/mol. The molecule has 6 heteroatoms. The van der Waals surface area contributed by atoms with Crippen LogP contribution >= 0.6 is 11.3 Å². The number of carbonyl (C=O) groups is 3. The number of Topliss-reactive ketones (excluding diaryl/α,β-unsaturated/α-hetero) is 1. The summed E-state index contributed by atoms with van der Waals surface area (Å²) in [7, 11) is 0. The maximum atomic E-state index is 11.8. The van der Waals surface area contributed by atoms with Crippen LogP contribution in [0.3, 0.4) is 0 Å². The predicted octanol–water partition coefficient (Wildman–Crippen LogP) is 2.67. The molecule has 1 heterocycles. The third kappa shape index (κ3) is 6.52. The van der Waals surface area contributed by atoms with Gasteiger partial charge in [-0.2, -0.15) is 0 Å². The van der Waals surface area contributed by atoms with Crippen molar-refractivity contribution in [3.8, 4) is 0 Å². The SMILES string of the molecule is O=C(CCC(=O)c1cccs1)NCCC(=O)NC1CCCCC1. The molecule has 2 N–H and O–H groups in total. The first kappa shape index (κ1) is 17.7. The summed E-state index contributed by atoms with van der Waals surface area (Å²) in [6.45, 7) is 0.324. The Morgan fingerprint density at radius 1 is 1.04 bits per heavy atom. The van der Waals surface area contributed by atoms with E-state index < -0.39 is 0 Å². The van der Waals surface area contributed by atoms with Gasteiger partial charge in [0.2, 0.25) is 11.8 Å². The molecule has 23 heavy (non-hydrogen) atoms. The summed E-state index contributed by atoms with van der Waals surface area (Å²) in [5.41, 5.74) is 0. The molecule has 0 aliphatic heterocycles. The van der Waals surface area contributed by atoms with Crippen molar-refractivity contribution in [3.63, 3.8) is 0 Å². The number of ketones is 1. The Hall–Kier alpha value is -1.69. The molecule has 2 amide bonds. The van der Waals surface area contributed by atoms with Crippen molar-refractivity contribution in [2.24, 2.45) is 0 Å². The minimum atomic E-state index is -0.180. The number of carbonyl (C=O) groups excluding carboxylic acids is 3. The minimum absolute atomic E-state index is 0.00754. The van der Waals surface area contributed by atoms with E-state index >= 15 is 0 Å². The highest BCUT2D eigenvalue weighted by Crippen LogP contribution is 2.17. The van der Waals surface area contributed by atoms with Gasteiger partial charge in [0.25, 0.3) is 0 Å². The molecule has 1 saturated carbocycles. The monoisotopic (exact) mass is 336 g/mol. The molecule has 0 spiro atoms. The maximum absolute atomic E-state index is 11.8. The molecular weight excluding hydrogens is 312 g/mol. The lowest BCUT2D eigenvalue weighted by atomic mass is 9.95. The topological polar surface area (TPSA) is 75.3 Å². The van der Waals surface area contributed by atoms with E-state index in [9.17, 15) is 14.4 Å². The highest BCUT2D eigenvalue weighted by Gasteiger charge is 2.15. The zero-order valence-corrected chi connectivity index (χ0v) is 14.1. The smallest absolute Gasteiger partial charge is 0.221 e. The van der Waals surface area contributed by atoms with Gasteiger partial charge in [-0.3, -0.25) is 14.4 Å². The lowest BCUT2D eigenvalue weighted by Gasteiger charge is -2.22. The molecular formula is C17H24N2O3S. The van der Waals surface area contributed by atoms with E-state index in [2.05, 4.69) is 10.6 Å². The molecule has 0 atom stereocenters. The third-order valence-corrected chi connectivity index (χ3v) is 4.93. The summed E-state index contributed by atoms with van der Waals surface area (Å²) in [6.07, 6.45) is 6.40. The van der Waals surface area contributed by atoms with E-state index in [0.717, 1.165) is 12.8 Å². The van der Waals surface area contributed by atoms with Gasteiger partial charge in [-0.15, -0.1) is 11.3 Å². The second kappa shape index (κ2) is 9.45. The van der Waals surface area contributed by atoms with Crippen LogP contribution in [0, 0.1) is 0 Å². The van der Waals surface area contributed by atoms with E-state index in [0.29, 0.717) is 23.9 Å². The number of thiophene rings is 1. The molecule has 5 nitrogen and oxygen atoms in total. The van der Waals surface area contributed by atoms with Crippen LogP contribution in [-0.2, 0) is 9.59 Å². The van der Waals surface area contributed by atoms with Crippen LogP contribution in [0.4, 0.5) is 0 Å². The van der Waals surface area contributed by atoms with Crippen molar-refractivity contribution >= 4 is 28.9 Å². The Kier molecular flexibility index (Phi) is 7.26.